The molecular weight excluding hydrogens is 282 g/mol. The average molecular weight is 305 g/mol. The van der Waals surface area contributed by atoms with Crippen LogP contribution in [0.5, 0.6) is 0 Å². The van der Waals surface area contributed by atoms with E-state index in [2.05, 4.69) is 0 Å². The Labute approximate surface area is 130 Å². The van der Waals surface area contributed by atoms with Gasteiger partial charge in [-0.05, 0) is 43.5 Å². The van der Waals surface area contributed by atoms with Crippen LogP contribution < -0.4 is 5.73 Å². The first-order valence-electron chi connectivity index (χ1n) is 7.77. The first-order valence-corrected chi connectivity index (χ1v) is 8.93. The van der Waals surface area contributed by atoms with Crippen LogP contribution in [-0.2, 0) is 11.2 Å². The van der Waals surface area contributed by atoms with Crippen LogP contribution in [-0.4, -0.2) is 36.0 Å². The molecular formula is C17H23NO2S. The quantitative estimate of drug-likeness (QED) is 0.869. The summed E-state index contributed by atoms with van der Waals surface area (Å²) in [4.78, 5) is 12.7. The zero-order valence-corrected chi connectivity index (χ0v) is 13.2. The van der Waals surface area contributed by atoms with Crippen molar-refractivity contribution in [1.82, 2.24) is 0 Å². The molecule has 2 fully saturated rings. The van der Waals surface area contributed by atoms with Crippen molar-refractivity contribution in [3.63, 3.8) is 0 Å². The second kappa shape index (κ2) is 6.51. The first-order chi connectivity index (χ1) is 10.2. The fourth-order valence-corrected chi connectivity index (χ4v) is 4.73. The second-order valence-electron chi connectivity index (χ2n) is 6.12. The van der Waals surface area contributed by atoms with Crippen LogP contribution >= 0.6 is 11.8 Å². The van der Waals surface area contributed by atoms with Crippen LogP contribution in [0.15, 0.2) is 24.3 Å². The highest BCUT2D eigenvalue weighted by Crippen LogP contribution is 2.41. The SMILES string of the molecule is NCCc1ccc(C(=O)C2CCOC3(CCSC3)C2)cc1. The molecule has 0 bridgehead atoms. The Bertz CT molecular complexity index is 494. The van der Waals surface area contributed by atoms with Crippen molar-refractivity contribution in [3.05, 3.63) is 35.4 Å². The Balaban J connectivity index is 1.69. The van der Waals surface area contributed by atoms with E-state index in [1.54, 1.807) is 0 Å². The highest BCUT2D eigenvalue weighted by atomic mass is 32.2. The molecule has 1 aromatic rings. The number of thioether (sulfide) groups is 1. The van der Waals surface area contributed by atoms with Crippen molar-refractivity contribution in [2.24, 2.45) is 11.7 Å². The number of hydrogen-bond donors (Lipinski definition) is 1. The van der Waals surface area contributed by atoms with Crippen molar-refractivity contribution >= 4 is 17.5 Å². The van der Waals surface area contributed by atoms with Gasteiger partial charge in [-0.1, -0.05) is 24.3 Å². The number of ether oxygens (including phenoxy) is 1. The topological polar surface area (TPSA) is 52.3 Å². The summed E-state index contributed by atoms with van der Waals surface area (Å²) in [6, 6.07) is 7.97. The van der Waals surface area contributed by atoms with Crippen LogP contribution in [0.2, 0.25) is 0 Å². The van der Waals surface area contributed by atoms with Gasteiger partial charge in [-0.15, -0.1) is 0 Å². The maximum absolute atomic E-state index is 12.7. The van der Waals surface area contributed by atoms with Crippen molar-refractivity contribution in [2.45, 2.75) is 31.3 Å². The zero-order valence-electron chi connectivity index (χ0n) is 12.3. The van der Waals surface area contributed by atoms with Crippen LogP contribution in [0.3, 0.4) is 0 Å². The van der Waals surface area contributed by atoms with Gasteiger partial charge in [0.15, 0.2) is 5.78 Å². The standard InChI is InChI=1S/C17H23NO2S/c18-8-5-13-1-3-14(4-2-13)16(19)15-6-9-20-17(11-15)7-10-21-12-17/h1-4,15H,5-12,18H2. The minimum absolute atomic E-state index is 0.0251. The fraction of sp³-hybridized carbons (Fsp3) is 0.588. The normalized spacial score (nSPS) is 28.9. The van der Waals surface area contributed by atoms with Crippen LogP contribution in [0.4, 0.5) is 0 Å². The molecule has 0 saturated carbocycles. The lowest BCUT2D eigenvalue weighted by Crippen LogP contribution is -2.42. The first kappa shape index (κ1) is 15.1. The van der Waals surface area contributed by atoms with Gasteiger partial charge in [-0.25, -0.2) is 0 Å². The van der Waals surface area contributed by atoms with Crippen molar-refractivity contribution in [3.8, 4) is 0 Å². The highest BCUT2D eigenvalue weighted by Gasteiger charge is 2.42. The van der Waals surface area contributed by atoms with Crippen LogP contribution in [0, 0.1) is 5.92 Å². The molecule has 0 radical (unpaired) electrons. The smallest absolute Gasteiger partial charge is 0.166 e. The maximum Gasteiger partial charge on any atom is 0.166 e. The van der Waals surface area contributed by atoms with E-state index < -0.39 is 0 Å². The summed E-state index contributed by atoms with van der Waals surface area (Å²) >= 11 is 1.95. The molecule has 2 heterocycles. The Kier molecular flexibility index (Phi) is 4.67. The number of carbonyl (C=O) groups excluding carboxylic acids is 1. The van der Waals surface area contributed by atoms with Gasteiger partial charge in [0.2, 0.25) is 0 Å². The molecule has 2 saturated heterocycles. The van der Waals surface area contributed by atoms with Gasteiger partial charge in [0.1, 0.15) is 0 Å². The van der Waals surface area contributed by atoms with E-state index >= 15 is 0 Å². The summed E-state index contributed by atoms with van der Waals surface area (Å²) in [5.41, 5.74) is 7.57. The number of hydrogen-bond acceptors (Lipinski definition) is 4. The van der Waals surface area contributed by atoms with E-state index in [4.69, 9.17) is 10.5 Å². The molecule has 0 aromatic heterocycles. The molecule has 4 heteroatoms. The molecule has 114 valence electrons. The van der Waals surface area contributed by atoms with Gasteiger partial charge in [0.25, 0.3) is 0 Å². The molecule has 21 heavy (non-hydrogen) atoms. The van der Waals surface area contributed by atoms with Crippen molar-refractivity contribution < 1.29 is 9.53 Å². The molecule has 2 aliphatic heterocycles. The summed E-state index contributed by atoms with van der Waals surface area (Å²) in [6.45, 7) is 1.37. The molecule has 3 rings (SSSR count). The van der Waals surface area contributed by atoms with Crippen molar-refractivity contribution in [1.29, 1.82) is 0 Å². The largest absolute Gasteiger partial charge is 0.374 e. The third kappa shape index (κ3) is 3.33. The zero-order chi connectivity index (χ0) is 14.7. The number of nitrogens with two attached hydrogens (primary N) is 1. The molecule has 0 aliphatic carbocycles. The maximum atomic E-state index is 12.7. The number of carbonyl (C=O) groups is 1. The van der Waals surface area contributed by atoms with Gasteiger partial charge in [0, 0.05) is 23.8 Å². The minimum atomic E-state index is -0.0251. The van der Waals surface area contributed by atoms with E-state index in [1.165, 1.54) is 5.56 Å². The predicted molar refractivity (Wildman–Crippen MR) is 86.9 cm³/mol. The van der Waals surface area contributed by atoms with E-state index in [0.29, 0.717) is 6.54 Å². The summed E-state index contributed by atoms with van der Waals surface area (Å²) in [5, 5.41) is 0. The summed E-state index contributed by atoms with van der Waals surface area (Å²) in [7, 11) is 0. The van der Waals surface area contributed by atoms with Gasteiger partial charge in [-0.3, -0.25) is 4.79 Å². The lowest BCUT2D eigenvalue weighted by Gasteiger charge is -2.37. The monoisotopic (exact) mass is 305 g/mol. The lowest BCUT2D eigenvalue weighted by molar-refractivity contribution is -0.0734. The minimum Gasteiger partial charge on any atom is -0.374 e. The molecule has 1 aromatic carbocycles. The van der Waals surface area contributed by atoms with E-state index in [-0.39, 0.29) is 17.3 Å². The number of rotatable bonds is 4. The molecule has 0 amide bonds. The number of Topliss-reactive ketones (excluding diaryl/α,β-unsaturated/α-hetero) is 1. The Morgan fingerprint density at radius 1 is 1.38 bits per heavy atom. The van der Waals surface area contributed by atoms with Gasteiger partial charge >= 0.3 is 0 Å². The number of ketones is 1. The summed E-state index contributed by atoms with van der Waals surface area (Å²) < 4.78 is 6.01. The summed E-state index contributed by atoms with van der Waals surface area (Å²) in [6.07, 6.45) is 3.71. The van der Waals surface area contributed by atoms with E-state index in [0.717, 1.165) is 49.4 Å². The molecule has 2 N–H and O–H groups in total. The molecule has 2 aliphatic rings. The van der Waals surface area contributed by atoms with Gasteiger partial charge in [-0.2, -0.15) is 11.8 Å². The molecule has 3 nitrogen and oxygen atoms in total. The Hall–Kier alpha value is -0.840. The Morgan fingerprint density at radius 2 is 2.19 bits per heavy atom. The van der Waals surface area contributed by atoms with Gasteiger partial charge in [0.05, 0.1) is 5.60 Å². The van der Waals surface area contributed by atoms with Crippen LogP contribution in [0.1, 0.15) is 35.2 Å². The van der Waals surface area contributed by atoms with E-state index in [9.17, 15) is 4.79 Å². The second-order valence-corrected chi connectivity index (χ2v) is 7.23. The predicted octanol–water partition coefficient (Wildman–Crippen LogP) is 2.67. The lowest BCUT2D eigenvalue weighted by atomic mass is 9.81. The van der Waals surface area contributed by atoms with Gasteiger partial charge < -0.3 is 10.5 Å². The molecule has 2 atom stereocenters. The fourth-order valence-electron chi connectivity index (χ4n) is 3.35. The van der Waals surface area contributed by atoms with Crippen LogP contribution in [0.25, 0.3) is 0 Å². The summed E-state index contributed by atoms with van der Waals surface area (Å²) in [5.74, 6) is 2.62. The Morgan fingerprint density at radius 3 is 2.86 bits per heavy atom. The molecule has 2 unspecified atom stereocenters. The van der Waals surface area contributed by atoms with E-state index in [1.807, 2.05) is 36.0 Å². The highest BCUT2D eigenvalue weighted by molar-refractivity contribution is 7.99. The third-order valence-electron chi connectivity index (χ3n) is 4.60. The van der Waals surface area contributed by atoms with Crippen molar-refractivity contribution in [2.75, 3.05) is 24.7 Å². The number of benzene rings is 1. The average Bonchev–Trinajstić information content (AvgIpc) is 2.95. The molecule has 1 spiro atoms. The third-order valence-corrected chi connectivity index (χ3v) is 5.83.